The maximum absolute atomic E-state index is 12.5. The minimum Gasteiger partial charge on any atom is -0.480 e. The molecule has 5 heteroatoms. The van der Waals surface area contributed by atoms with E-state index in [2.05, 4.69) is 5.32 Å². The van der Waals surface area contributed by atoms with E-state index in [0.717, 1.165) is 0 Å². The standard InChI is InChI=1S/C19H35NO4/c1-9-18(5,6)14(21)11-10-13(15(22)23)20-16(24)19(7,8)12-17(2,3)4/h13H,9-12H2,1-8H3,(H,20,24)(H,22,23)/t13-/m0/s1. The average Bonchev–Trinajstić information content (AvgIpc) is 2.39. The van der Waals surface area contributed by atoms with Crippen LogP contribution in [-0.4, -0.2) is 28.8 Å². The first-order valence-corrected chi connectivity index (χ1v) is 8.69. The monoisotopic (exact) mass is 341 g/mol. The number of aliphatic carboxylic acids is 1. The molecule has 5 nitrogen and oxygen atoms in total. The molecule has 0 radical (unpaired) electrons. The van der Waals surface area contributed by atoms with E-state index in [4.69, 9.17) is 0 Å². The number of Topliss-reactive ketones (excluding diaryl/α,β-unsaturated/α-hetero) is 1. The topological polar surface area (TPSA) is 83.5 Å². The second kappa shape index (κ2) is 8.13. The van der Waals surface area contributed by atoms with Crippen molar-refractivity contribution in [3.05, 3.63) is 0 Å². The van der Waals surface area contributed by atoms with Gasteiger partial charge >= 0.3 is 5.97 Å². The highest BCUT2D eigenvalue weighted by Gasteiger charge is 2.35. The van der Waals surface area contributed by atoms with Crippen LogP contribution < -0.4 is 5.32 Å². The molecular formula is C19H35NO4. The zero-order chi connectivity index (χ0) is 19.3. The highest BCUT2D eigenvalue weighted by Crippen LogP contribution is 2.33. The highest BCUT2D eigenvalue weighted by molar-refractivity contribution is 5.88. The fraction of sp³-hybridized carbons (Fsp3) is 0.842. The Morgan fingerprint density at radius 2 is 1.46 bits per heavy atom. The van der Waals surface area contributed by atoms with Crippen LogP contribution in [0.5, 0.6) is 0 Å². The molecule has 0 saturated carbocycles. The van der Waals surface area contributed by atoms with Crippen LogP contribution >= 0.6 is 0 Å². The van der Waals surface area contributed by atoms with E-state index < -0.39 is 22.8 Å². The van der Waals surface area contributed by atoms with E-state index in [1.54, 1.807) is 0 Å². The van der Waals surface area contributed by atoms with Crippen molar-refractivity contribution in [1.29, 1.82) is 0 Å². The minimum atomic E-state index is -1.10. The van der Waals surface area contributed by atoms with Gasteiger partial charge in [-0.2, -0.15) is 0 Å². The van der Waals surface area contributed by atoms with Crippen LogP contribution in [0.3, 0.4) is 0 Å². The molecular weight excluding hydrogens is 306 g/mol. The number of carboxylic acids is 1. The first-order chi connectivity index (χ1) is 10.6. The van der Waals surface area contributed by atoms with Crippen LogP contribution in [0.25, 0.3) is 0 Å². The van der Waals surface area contributed by atoms with Gasteiger partial charge in [-0.15, -0.1) is 0 Å². The predicted molar refractivity (Wildman–Crippen MR) is 95.7 cm³/mol. The number of ketones is 1. The van der Waals surface area contributed by atoms with Gasteiger partial charge in [0.1, 0.15) is 11.8 Å². The molecule has 0 fully saturated rings. The Hall–Kier alpha value is -1.39. The third kappa shape index (κ3) is 7.45. The van der Waals surface area contributed by atoms with Gasteiger partial charge in [0.2, 0.25) is 5.91 Å². The summed E-state index contributed by atoms with van der Waals surface area (Å²) in [4.78, 5) is 36.1. The highest BCUT2D eigenvalue weighted by atomic mass is 16.4. The van der Waals surface area contributed by atoms with Crippen LogP contribution in [0.4, 0.5) is 0 Å². The molecule has 0 spiro atoms. The van der Waals surface area contributed by atoms with E-state index in [1.165, 1.54) is 0 Å². The summed E-state index contributed by atoms with van der Waals surface area (Å²) in [6.07, 6.45) is 1.61. The second-order valence-electron chi connectivity index (χ2n) is 9.18. The van der Waals surface area contributed by atoms with E-state index in [-0.39, 0.29) is 29.9 Å². The molecule has 24 heavy (non-hydrogen) atoms. The third-order valence-corrected chi connectivity index (χ3v) is 4.49. The van der Waals surface area contributed by atoms with Gasteiger partial charge in [0.05, 0.1) is 0 Å². The van der Waals surface area contributed by atoms with Gasteiger partial charge in [0.15, 0.2) is 0 Å². The Morgan fingerprint density at radius 1 is 0.958 bits per heavy atom. The molecule has 0 aliphatic heterocycles. The van der Waals surface area contributed by atoms with E-state index >= 15 is 0 Å². The third-order valence-electron chi connectivity index (χ3n) is 4.49. The van der Waals surface area contributed by atoms with Crippen LogP contribution in [0.2, 0.25) is 0 Å². The summed E-state index contributed by atoms with van der Waals surface area (Å²) in [7, 11) is 0. The number of amides is 1. The summed E-state index contributed by atoms with van der Waals surface area (Å²) < 4.78 is 0. The number of carbonyl (C=O) groups excluding carboxylic acids is 2. The Balaban J connectivity index is 4.90. The summed E-state index contributed by atoms with van der Waals surface area (Å²) in [6.45, 7) is 15.4. The smallest absolute Gasteiger partial charge is 0.326 e. The Morgan fingerprint density at radius 3 is 1.83 bits per heavy atom. The molecule has 0 aromatic carbocycles. The van der Waals surface area contributed by atoms with Crippen molar-refractivity contribution in [2.75, 3.05) is 0 Å². The molecule has 0 aliphatic rings. The van der Waals surface area contributed by atoms with E-state index in [0.29, 0.717) is 12.8 Å². The van der Waals surface area contributed by atoms with Crippen LogP contribution in [0, 0.1) is 16.2 Å². The van der Waals surface area contributed by atoms with Crippen molar-refractivity contribution in [2.24, 2.45) is 16.2 Å². The molecule has 0 saturated heterocycles. The van der Waals surface area contributed by atoms with Crippen molar-refractivity contribution in [2.45, 2.75) is 87.1 Å². The Bertz CT molecular complexity index is 472. The lowest BCUT2D eigenvalue weighted by molar-refractivity contribution is -0.144. The Labute approximate surface area is 146 Å². The van der Waals surface area contributed by atoms with Gasteiger partial charge in [0, 0.05) is 17.3 Å². The van der Waals surface area contributed by atoms with Gasteiger partial charge in [-0.3, -0.25) is 9.59 Å². The molecule has 1 atom stereocenters. The van der Waals surface area contributed by atoms with Crippen molar-refractivity contribution >= 4 is 17.7 Å². The summed E-state index contributed by atoms with van der Waals surface area (Å²) in [5.74, 6) is -1.36. The van der Waals surface area contributed by atoms with Crippen molar-refractivity contribution in [3.8, 4) is 0 Å². The molecule has 0 unspecified atom stereocenters. The van der Waals surface area contributed by atoms with Crippen molar-refractivity contribution in [3.63, 3.8) is 0 Å². The number of nitrogens with one attached hydrogen (secondary N) is 1. The number of carbonyl (C=O) groups is 3. The van der Waals surface area contributed by atoms with Gasteiger partial charge in [-0.05, 0) is 24.7 Å². The van der Waals surface area contributed by atoms with Crippen LogP contribution in [-0.2, 0) is 14.4 Å². The number of rotatable bonds is 9. The molecule has 0 aliphatic carbocycles. The number of hydrogen-bond acceptors (Lipinski definition) is 3. The van der Waals surface area contributed by atoms with Crippen LogP contribution in [0.15, 0.2) is 0 Å². The van der Waals surface area contributed by atoms with E-state index in [9.17, 15) is 19.5 Å². The molecule has 0 rings (SSSR count). The minimum absolute atomic E-state index is 0.0273. The quantitative estimate of drug-likeness (QED) is 0.668. The summed E-state index contributed by atoms with van der Waals surface area (Å²) in [5, 5.41) is 12.0. The number of hydrogen-bond donors (Lipinski definition) is 2. The first-order valence-electron chi connectivity index (χ1n) is 8.69. The fourth-order valence-electron chi connectivity index (χ4n) is 2.83. The predicted octanol–water partition coefficient (Wildman–Crippen LogP) is 3.80. The normalized spacial score (nSPS) is 14.2. The average molecular weight is 341 g/mol. The molecule has 0 aromatic rings. The van der Waals surface area contributed by atoms with Crippen LogP contribution in [0.1, 0.15) is 81.1 Å². The van der Waals surface area contributed by atoms with Crippen molar-refractivity contribution in [1.82, 2.24) is 5.32 Å². The van der Waals surface area contributed by atoms with Gasteiger partial charge < -0.3 is 10.4 Å². The Kier molecular flexibility index (Phi) is 7.66. The fourth-order valence-corrected chi connectivity index (χ4v) is 2.83. The molecule has 0 heterocycles. The van der Waals surface area contributed by atoms with Gasteiger partial charge in [0.25, 0.3) is 0 Å². The molecule has 0 aromatic heterocycles. The summed E-state index contributed by atoms with van der Waals surface area (Å²) in [5.41, 5.74) is -1.17. The maximum Gasteiger partial charge on any atom is 0.326 e. The summed E-state index contributed by atoms with van der Waals surface area (Å²) in [6, 6.07) is -1.03. The lowest BCUT2D eigenvalue weighted by atomic mass is 9.75. The lowest BCUT2D eigenvalue weighted by Gasteiger charge is -2.32. The zero-order valence-corrected chi connectivity index (χ0v) is 16.6. The first kappa shape index (κ1) is 22.6. The largest absolute Gasteiger partial charge is 0.480 e. The number of carboxylic acid groups (broad SMARTS) is 1. The van der Waals surface area contributed by atoms with E-state index in [1.807, 2.05) is 55.4 Å². The molecule has 1 amide bonds. The van der Waals surface area contributed by atoms with Crippen molar-refractivity contribution < 1.29 is 19.5 Å². The zero-order valence-electron chi connectivity index (χ0n) is 16.6. The molecule has 2 N–H and O–H groups in total. The maximum atomic E-state index is 12.5. The van der Waals surface area contributed by atoms with Gasteiger partial charge in [-0.25, -0.2) is 4.79 Å². The molecule has 140 valence electrons. The van der Waals surface area contributed by atoms with Gasteiger partial charge in [-0.1, -0.05) is 55.4 Å². The SMILES string of the molecule is CCC(C)(C)C(=O)CC[C@H](NC(=O)C(C)(C)CC(C)(C)C)C(=O)O. The summed E-state index contributed by atoms with van der Waals surface area (Å²) >= 11 is 0. The molecule has 0 bridgehead atoms. The second-order valence-corrected chi connectivity index (χ2v) is 9.18. The lowest BCUT2D eigenvalue weighted by Crippen LogP contribution is -2.48.